The lowest BCUT2D eigenvalue weighted by Crippen LogP contribution is -2.28. The fourth-order valence-corrected chi connectivity index (χ4v) is 2.34. The van der Waals surface area contributed by atoms with Gasteiger partial charge in [0.25, 0.3) is 0 Å². The molecule has 1 atom stereocenters. The molecule has 1 aromatic carbocycles. The average Bonchev–Trinajstić information content (AvgIpc) is 2.36. The molecule has 102 valence electrons. The Morgan fingerprint density at radius 3 is 2.44 bits per heavy atom. The Bertz CT molecular complexity index is 362. The van der Waals surface area contributed by atoms with Crippen LogP contribution in [0, 0.1) is 12.7 Å². The summed E-state index contributed by atoms with van der Waals surface area (Å²) in [6, 6.07) is 5.35. The van der Waals surface area contributed by atoms with Crippen LogP contribution in [0.5, 0.6) is 0 Å². The van der Waals surface area contributed by atoms with Gasteiger partial charge in [-0.05, 0) is 63.3 Å². The van der Waals surface area contributed by atoms with E-state index in [4.69, 9.17) is 0 Å². The summed E-state index contributed by atoms with van der Waals surface area (Å²) in [5.74, 6) is -0.158. The Labute approximate surface area is 110 Å². The Morgan fingerprint density at radius 1 is 1.28 bits per heavy atom. The maximum atomic E-state index is 13.1. The lowest BCUT2D eigenvalue weighted by molar-refractivity contribution is 0.284. The van der Waals surface area contributed by atoms with E-state index < -0.39 is 0 Å². The molecule has 0 saturated carbocycles. The summed E-state index contributed by atoms with van der Waals surface area (Å²) in [5.41, 5.74) is 2.22. The Morgan fingerprint density at radius 2 is 1.94 bits per heavy atom. The second-order valence-corrected chi connectivity index (χ2v) is 4.66. The lowest BCUT2D eigenvalue weighted by atomic mass is 9.98. The lowest BCUT2D eigenvalue weighted by Gasteiger charge is -2.23. The molecule has 0 bridgehead atoms. The molecule has 0 aliphatic heterocycles. The van der Waals surface area contributed by atoms with Crippen molar-refractivity contribution in [2.75, 3.05) is 26.7 Å². The van der Waals surface area contributed by atoms with Crippen LogP contribution >= 0.6 is 0 Å². The minimum atomic E-state index is -0.158. The SMILES string of the molecule is CCN(CC)CCC(NC)c1ccc(F)cc1C. The number of nitrogens with zero attached hydrogens (tertiary/aromatic N) is 1. The van der Waals surface area contributed by atoms with Crippen LogP contribution in [0.25, 0.3) is 0 Å². The molecule has 0 aliphatic rings. The molecule has 0 aliphatic carbocycles. The van der Waals surface area contributed by atoms with Gasteiger partial charge in [-0.25, -0.2) is 4.39 Å². The first-order chi connectivity index (χ1) is 8.62. The van der Waals surface area contributed by atoms with Gasteiger partial charge in [-0.1, -0.05) is 19.9 Å². The van der Waals surface area contributed by atoms with Crippen LogP contribution in [0.3, 0.4) is 0 Å². The van der Waals surface area contributed by atoms with Crippen molar-refractivity contribution < 1.29 is 4.39 Å². The maximum absolute atomic E-state index is 13.1. The van der Waals surface area contributed by atoms with Gasteiger partial charge in [0, 0.05) is 6.04 Å². The van der Waals surface area contributed by atoms with Gasteiger partial charge in [0.15, 0.2) is 0 Å². The highest BCUT2D eigenvalue weighted by atomic mass is 19.1. The Hall–Kier alpha value is -0.930. The number of halogens is 1. The van der Waals surface area contributed by atoms with Crippen LogP contribution in [0.4, 0.5) is 4.39 Å². The standard InChI is InChI=1S/C15H25FN2/c1-5-18(6-2)10-9-15(17-4)14-8-7-13(16)11-12(14)3/h7-8,11,15,17H,5-6,9-10H2,1-4H3. The molecular weight excluding hydrogens is 227 g/mol. The van der Waals surface area contributed by atoms with Crippen molar-refractivity contribution in [2.45, 2.75) is 33.2 Å². The van der Waals surface area contributed by atoms with Crippen molar-refractivity contribution in [1.82, 2.24) is 10.2 Å². The number of benzene rings is 1. The van der Waals surface area contributed by atoms with E-state index in [0.717, 1.165) is 31.6 Å². The molecular formula is C15H25FN2. The van der Waals surface area contributed by atoms with Gasteiger partial charge >= 0.3 is 0 Å². The highest BCUT2D eigenvalue weighted by molar-refractivity contribution is 5.29. The largest absolute Gasteiger partial charge is 0.313 e. The van der Waals surface area contributed by atoms with E-state index >= 15 is 0 Å². The van der Waals surface area contributed by atoms with Gasteiger partial charge in [-0.15, -0.1) is 0 Å². The second-order valence-electron chi connectivity index (χ2n) is 4.66. The summed E-state index contributed by atoms with van der Waals surface area (Å²) in [6.45, 7) is 9.56. The molecule has 0 fully saturated rings. The molecule has 0 spiro atoms. The van der Waals surface area contributed by atoms with E-state index in [2.05, 4.69) is 24.1 Å². The third-order valence-electron chi connectivity index (χ3n) is 3.58. The smallest absolute Gasteiger partial charge is 0.123 e. The minimum absolute atomic E-state index is 0.158. The van der Waals surface area contributed by atoms with Crippen molar-refractivity contribution in [3.63, 3.8) is 0 Å². The van der Waals surface area contributed by atoms with Gasteiger partial charge in [0.1, 0.15) is 5.82 Å². The van der Waals surface area contributed by atoms with Crippen LogP contribution < -0.4 is 5.32 Å². The minimum Gasteiger partial charge on any atom is -0.313 e. The normalized spacial score (nSPS) is 13.0. The van der Waals surface area contributed by atoms with Gasteiger partial charge in [0.2, 0.25) is 0 Å². The van der Waals surface area contributed by atoms with Gasteiger partial charge < -0.3 is 10.2 Å². The molecule has 1 N–H and O–H groups in total. The molecule has 2 nitrogen and oxygen atoms in total. The summed E-state index contributed by atoms with van der Waals surface area (Å²) >= 11 is 0. The third kappa shape index (κ3) is 4.07. The van der Waals surface area contributed by atoms with Crippen LogP contribution in [-0.2, 0) is 0 Å². The predicted octanol–water partition coefficient (Wildman–Crippen LogP) is 3.13. The highest BCUT2D eigenvalue weighted by Crippen LogP contribution is 2.21. The summed E-state index contributed by atoms with van der Waals surface area (Å²) < 4.78 is 13.1. The van der Waals surface area contributed by atoms with E-state index in [0.29, 0.717) is 6.04 Å². The number of hydrogen-bond donors (Lipinski definition) is 1. The average molecular weight is 252 g/mol. The van der Waals surface area contributed by atoms with Crippen molar-refractivity contribution in [1.29, 1.82) is 0 Å². The highest BCUT2D eigenvalue weighted by Gasteiger charge is 2.13. The summed E-state index contributed by atoms with van der Waals surface area (Å²) in [5, 5.41) is 3.33. The number of aryl methyl sites for hydroxylation is 1. The van der Waals surface area contributed by atoms with Gasteiger partial charge in [0.05, 0.1) is 0 Å². The van der Waals surface area contributed by atoms with Gasteiger partial charge in [-0.2, -0.15) is 0 Å². The zero-order chi connectivity index (χ0) is 13.5. The Balaban J connectivity index is 2.71. The second kappa shape index (κ2) is 7.49. The van der Waals surface area contributed by atoms with E-state index in [1.807, 2.05) is 20.0 Å². The molecule has 1 aromatic rings. The number of nitrogens with one attached hydrogen (secondary N) is 1. The number of hydrogen-bond acceptors (Lipinski definition) is 2. The van der Waals surface area contributed by atoms with Crippen molar-refractivity contribution in [2.24, 2.45) is 0 Å². The van der Waals surface area contributed by atoms with E-state index in [1.165, 1.54) is 5.56 Å². The third-order valence-corrected chi connectivity index (χ3v) is 3.58. The first kappa shape index (κ1) is 15.1. The molecule has 0 heterocycles. The van der Waals surface area contributed by atoms with E-state index in [-0.39, 0.29) is 5.82 Å². The van der Waals surface area contributed by atoms with Crippen molar-refractivity contribution in [3.8, 4) is 0 Å². The van der Waals surface area contributed by atoms with Crippen LogP contribution in [0.1, 0.15) is 37.4 Å². The molecule has 1 unspecified atom stereocenters. The summed E-state index contributed by atoms with van der Waals surface area (Å²) in [4.78, 5) is 2.41. The van der Waals surface area contributed by atoms with E-state index in [1.54, 1.807) is 12.1 Å². The molecule has 0 amide bonds. The summed E-state index contributed by atoms with van der Waals surface area (Å²) in [6.07, 6.45) is 1.05. The molecule has 0 aromatic heterocycles. The fraction of sp³-hybridized carbons (Fsp3) is 0.600. The van der Waals surface area contributed by atoms with Crippen molar-refractivity contribution >= 4 is 0 Å². The topological polar surface area (TPSA) is 15.3 Å². The molecule has 1 rings (SSSR count). The molecule has 18 heavy (non-hydrogen) atoms. The zero-order valence-corrected chi connectivity index (χ0v) is 12.0. The van der Waals surface area contributed by atoms with Gasteiger partial charge in [-0.3, -0.25) is 0 Å². The molecule has 0 radical (unpaired) electrons. The summed E-state index contributed by atoms with van der Waals surface area (Å²) in [7, 11) is 1.97. The monoisotopic (exact) mass is 252 g/mol. The maximum Gasteiger partial charge on any atom is 0.123 e. The van der Waals surface area contributed by atoms with E-state index in [9.17, 15) is 4.39 Å². The molecule has 0 saturated heterocycles. The first-order valence-corrected chi connectivity index (χ1v) is 6.78. The Kier molecular flexibility index (Phi) is 6.30. The first-order valence-electron chi connectivity index (χ1n) is 6.78. The van der Waals surface area contributed by atoms with Crippen LogP contribution in [0.2, 0.25) is 0 Å². The number of rotatable bonds is 7. The predicted molar refractivity (Wildman–Crippen MR) is 75.3 cm³/mol. The molecule has 3 heteroatoms. The van der Waals surface area contributed by atoms with Crippen molar-refractivity contribution in [3.05, 3.63) is 35.1 Å². The zero-order valence-electron chi connectivity index (χ0n) is 12.0. The van der Waals surface area contributed by atoms with Crippen LogP contribution in [-0.4, -0.2) is 31.6 Å². The van der Waals surface area contributed by atoms with Crippen LogP contribution in [0.15, 0.2) is 18.2 Å². The quantitative estimate of drug-likeness (QED) is 0.802. The fourth-order valence-electron chi connectivity index (χ4n) is 2.34.